The van der Waals surface area contributed by atoms with Crippen molar-refractivity contribution in [2.75, 3.05) is 0 Å². The lowest BCUT2D eigenvalue weighted by Crippen LogP contribution is -2.41. The van der Waals surface area contributed by atoms with Gasteiger partial charge in [-0.2, -0.15) is 0 Å². The minimum Gasteiger partial charge on any atom is -0.393 e. The molecular formula is C9H16N2OS. The number of hydrogen-bond acceptors (Lipinski definition) is 2. The van der Waals surface area contributed by atoms with E-state index in [9.17, 15) is 4.79 Å². The molecule has 4 heteroatoms. The number of nitrogens with two attached hydrogens (primary N) is 1. The molecule has 3 nitrogen and oxygen atoms in total. The Labute approximate surface area is 84.1 Å². The first-order chi connectivity index (χ1) is 6.09. The van der Waals surface area contributed by atoms with Crippen LogP contribution >= 0.6 is 12.2 Å². The molecule has 1 fully saturated rings. The van der Waals surface area contributed by atoms with E-state index in [4.69, 9.17) is 18.0 Å². The monoisotopic (exact) mass is 200 g/mol. The van der Waals surface area contributed by atoms with Crippen LogP contribution in [0, 0.1) is 5.92 Å². The van der Waals surface area contributed by atoms with Crippen molar-refractivity contribution >= 4 is 23.1 Å². The number of hydrogen-bond donors (Lipinski definition) is 2. The molecule has 0 saturated heterocycles. The van der Waals surface area contributed by atoms with Crippen LogP contribution in [0.1, 0.15) is 32.6 Å². The van der Waals surface area contributed by atoms with Crippen molar-refractivity contribution in [1.82, 2.24) is 5.32 Å². The van der Waals surface area contributed by atoms with Gasteiger partial charge < -0.3 is 11.1 Å². The minimum absolute atomic E-state index is 0.0746. The van der Waals surface area contributed by atoms with Gasteiger partial charge in [-0.1, -0.05) is 18.6 Å². The molecule has 1 unspecified atom stereocenters. The van der Waals surface area contributed by atoms with E-state index in [1.807, 2.05) is 6.92 Å². The summed E-state index contributed by atoms with van der Waals surface area (Å²) in [6, 6.07) is 0.0746. The fraction of sp³-hybridized carbons (Fsp3) is 0.778. The van der Waals surface area contributed by atoms with Gasteiger partial charge in [0.2, 0.25) is 5.91 Å². The predicted molar refractivity (Wildman–Crippen MR) is 56.3 cm³/mol. The van der Waals surface area contributed by atoms with E-state index in [0.717, 1.165) is 12.8 Å². The normalized spacial score (nSPS) is 18.8. The number of amides is 1. The molecule has 1 atom stereocenters. The van der Waals surface area contributed by atoms with Crippen LogP contribution in [0.5, 0.6) is 0 Å². The molecule has 0 radical (unpaired) electrons. The zero-order chi connectivity index (χ0) is 9.84. The smallest absolute Gasteiger partial charge is 0.223 e. The van der Waals surface area contributed by atoms with Crippen LogP contribution in [-0.4, -0.2) is 16.9 Å². The maximum atomic E-state index is 11.4. The molecule has 0 heterocycles. The third-order valence-corrected chi connectivity index (χ3v) is 2.54. The van der Waals surface area contributed by atoms with Gasteiger partial charge in [-0.25, -0.2) is 0 Å². The number of nitrogens with one attached hydrogen (secondary N) is 1. The van der Waals surface area contributed by atoms with Crippen LogP contribution in [0.2, 0.25) is 0 Å². The Hall–Kier alpha value is -0.640. The molecule has 0 aliphatic heterocycles. The lowest BCUT2D eigenvalue weighted by molar-refractivity contribution is -0.127. The van der Waals surface area contributed by atoms with E-state index in [1.165, 1.54) is 6.42 Å². The maximum absolute atomic E-state index is 11.4. The first-order valence-corrected chi connectivity index (χ1v) is 5.09. The molecule has 1 saturated carbocycles. The van der Waals surface area contributed by atoms with Crippen LogP contribution in [0.3, 0.4) is 0 Å². The van der Waals surface area contributed by atoms with Crippen molar-refractivity contribution in [2.45, 2.75) is 38.6 Å². The van der Waals surface area contributed by atoms with Crippen molar-refractivity contribution in [2.24, 2.45) is 11.7 Å². The Morgan fingerprint density at radius 1 is 1.69 bits per heavy atom. The largest absolute Gasteiger partial charge is 0.393 e. The average Bonchev–Trinajstić information content (AvgIpc) is 1.78. The number of rotatable bonds is 4. The highest BCUT2D eigenvalue weighted by molar-refractivity contribution is 7.80. The third-order valence-electron chi connectivity index (χ3n) is 2.37. The van der Waals surface area contributed by atoms with E-state index >= 15 is 0 Å². The molecular weight excluding hydrogens is 184 g/mol. The van der Waals surface area contributed by atoms with Crippen LogP contribution in [0.15, 0.2) is 0 Å². The van der Waals surface area contributed by atoms with E-state index < -0.39 is 0 Å². The molecule has 13 heavy (non-hydrogen) atoms. The molecule has 1 aliphatic rings. The first kappa shape index (κ1) is 10.4. The minimum atomic E-state index is 0.0746. The molecule has 3 N–H and O–H groups in total. The lowest BCUT2D eigenvalue weighted by Gasteiger charge is -2.26. The lowest BCUT2D eigenvalue weighted by atomic mass is 9.84. The van der Waals surface area contributed by atoms with E-state index in [0.29, 0.717) is 11.4 Å². The Bertz CT molecular complexity index is 214. The van der Waals surface area contributed by atoms with Crippen molar-refractivity contribution in [3.63, 3.8) is 0 Å². The quantitative estimate of drug-likeness (QED) is 0.665. The molecule has 0 aromatic carbocycles. The second-order valence-electron chi connectivity index (χ2n) is 3.71. The summed E-state index contributed by atoms with van der Waals surface area (Å²) >= 11 is 4.76. The average molecular weight is 200 g/mol. The summed E-state index contributed by atoms with van der Waals surface area (Å²) in [5.41, 5.74) is 5.37. The summed E-state index contributed by atoms with van der Waals surface area (Å²) in [5.74, 6) is 0.406. The zero-order valence-electron chi connectivity index (χ0n) is 7.88. The SMILES string of the molecule is CC(CC(N)=S)NC(=O)C1CCC1. The molecule has 1 amide bonds. The third kappa shape index (κ3) is 3.30. The summed E-state index contributed by atoms with van der Waals surface area (Å²) in [4.78, 5) is 11.9. The van der Waals surface area contributed by atoms with Crippen LogP contribution in [0.4, 0.5) is 0 Å². The maximum Gasteiger partial charge on any atom is 0.223 e. The van der Waals surface area contributed by atoms with E-state index in [-0.39, 0.29) is 17.9 Å². The Morgan fingerprint density at radius 2 is 2.31 bits per heavy atom. The molecule has 0 bridgehead atoms. The second kappa shape index (κ2) is 4.56. The number of carbonyl (C=O) groups is 1. The molecule has 0 spiro atoms. The predicted octanol–water partition coefficient (Wildman–Crippen LogP) is 0.967. The fourth-order valence-corrected chi connectivity index (χ4v) is 1.63. The van der Waals surface area contributed by atoms with Gasteiger partial charge in [0.1, 0.15) is 0 Å². The molecule has 0 aromatic heterocycles. The number of carbonyl (C=O) groups excluding carboxylic acids is 1. The molecule has 1 aliphatic carbocycles. The summed E-state index contributed by atoms with van der Waals surface area (Å²) in [5, 5.41) is 2.91. The van der Waals surface area contributed by atoms with Gasteiger partial charge in [0.05, 0.1) is 4.99 Å². The highest BCUT2D eigenvalue weighted by Crippen LogP contribution is 2.26. The Morgan fingerprint density at radius 3 is 2.69 bits per heavy atom. The summed E-state index contributed by atoms with van der Waals surface area (Å²) in [7, 11) is 0. The van der Waals surface area contributed by atoms with Crippen molar-refractivity contribution in [3.05, 3.63) is 0 Å². The van der Waals surface area contributed by atoms with Gasteiger partial charge in [-0.05, 0) is 19.8 Å². The van der Waals surface area contributed by atoms with E-state index in [2.05, 4.69) is 5.32 Å². The van der Waals surface area contributed by atoms with Crippen molar-refractivity contribution < 1.29 is 4.79 Å². The van der Waals surface area contributed by atoms with Crippen molar-refractivity contribution in [3.8, 4) is 0 Å². The van der Waals surface area contributed by atoms with E-state index in [1.54, 1.807) is 0 Å². The van der Waals surface area contributed by atoms with Crippen molar-refractivity contribution in [1.29, 1.82) is 0 Å². The summed E-state index contributed by atoms with van der Waals surface area (Å²) < 4.78 is 0. The van der Waals surface area contributed by atoms with Gasteiger partial charge in [-0.3, -0.25) is 4.79 Å². The zero-order valence-corrected chi connectivity index (χ0v) is 8.69. The molecule has 0 aromatic rings. The van der Waals surface area contributed by atoms with Gasteiger partial charge in [0.25, 0.3) is 0 Å². The van der Waals surface area contributed by atoms with Gasteiger partial charge >= 0.3 is 0 Å². The standard InChI is InChI=1S/C9H16N2OS/c1-6(5-8(10)13)11-9(12)7-3-2-4-7/h6-7H,2-5H2,1H3,(H2,10,13)(H,11,12). The Balaban J connectivity index is 2.22. The number of thiocarbonyl (C=S) groups is 1. The highest BCUT2D eigenvalue weighted by Gasteiger charge is 2.25. The van der Waals surface area contributed by atoms with Crippen LogP contribution < -0.4 is 11.1 Å². The molecule has 1 rings (SSSR count). The van der Waals surface area contributed by atoms with Crippen LogP contribution in [0.25, 0.3) is 0 Å². The van der Waals surface area contributed by atoms with Crippen LogP contribution in [-0.2, 0) is 4.79 Å². The molecule has 74 valence electrons. The fourth-order valence-electron chi connectivity index (χ4n) is 1.38. The van der Waals surface area contributed by atoms with Gasteiger partial charge in [-0.15, -0.1) is 0 Å². The van der Waals surface area contributed by atoms with Gasteiger partial charge in [0.15, 0.2) is 0 Å². The summed E-state index contributed by atoms with van der Waals surface area (Å²) in [6.45, 7) is 1.93. The summed E-state index contributed by atoms with van der Waals surface area (Å²) in [6.07, 6.45) is 3.84. The first-order valence-electron chi connectivity index (χ1n) is 4.68. The Kier molecular flexibility index (Phi) is 3.66. The second-order valence-corrected chi connectivity index (χ2v) is 4.23. The van der Waals surface area contributed by atoms with Gasteiger partial charge in [0, 0.05) is 18.4 Å². The topological polar surface area (TPSA) is 55.1 Å². The highest BCUT2D eigenvalue weighted by atomic mass is 32.1.